The highest BCUT2D eigenvalue weighted by Crippen LogP contribution is 2.36. The first-order chi connectivity index (χ1) is 7.69. The summed E-state index contributed by atoms with van der Waals surface area (Å²) in [7, 11) is 1.59. The molecule has 0 aliphatic heterocycles. The van der Waals surface area contributed by atoms with Crippen LogP contribution in [0, 0.1) is 0 Å². The fraction of sp³-hybridized carbons (Fsp3) is 0.500. The highest BCUT2D eigenvalue weighted by atomic mass is 16.5. The number of methoxy groups -OCH3 is 1. The molecule has 0 unspecified atom stereocenters. The van der Waals surface area contributed by atoms with Crippen molar-refractivity contribution in [1.29, 1.82) is 0 Å². The third-order valence-electron chi connectivity index (χ3n) is 3.30. The average Bonchev–Trinajstić information content (AvgIpc) is 2.78. The molecule has 0 atom stereocenters. The first-order valence-electron chi connectivity index (χ1n) is 5.50. The number of anilines is 1. The molecule has 1 aliphatic rings. The second-order valence-corrected chi connectivity index (χ2v) is 4.17. The number of hydrogen-bond acceptors (Lipinski definition) is 4. The lowest BCUT2D eigenvalue weighted by atomic mass is 9.91. The van der Waals surface area contributed by atoms with Crippen LogP contribution in [0.1, 0.15) is 36.0 Å². The van der Waals surface area contributed by atoms with Crippen LogP contribution in [0.3, 0.4) is 0 Å². The lowest BCUT2D eigenvalue weighted by molar-refractivity contribution is 0.00607. The molecule has 86 valence electrons. The Hall–Kier alpha value is -1.42. The third-order valence-corrected chi connectivity index (χ3v) is 3.30. The molecule has 0 bridgehead atoms. The van der Waals surface area contributed by atoms with Crippen LogP contribution < -0.4 is 5.73 Å². The Bertz CT molecular complexity index is 398. The van der Waals surface area contributed by atoms with E-state index in [1.54, 1.807) is 25.4 Å². The summed E-state index contributed by atoms with van der Waals surface area (Å²) in [5.74, 6) is 0.258. The molecular formula is C12H16N2O2. The van der Waals surface area contributed by atoms with E-state index in [1.807, 2.05) is 0 Å². The zero-order valence-corrected chi connectivity index (χ0v) is 9.40. The number of nitrogens with zero attached hydrogens (tertiary/aromatic N) is 1. The maximum atomic E-state index is 12.4. The summed E-state index contributed by atoms with van der Waals surface area (Å²) in [6.45, 7) is 0. The van der Waals surface area contributed by atoms with Gasteiger partial charge in [-0.05, 0) is 37.8 Å². The summed E-state index contributed by atoms with van der Waals surface area (Å²) >= 11 is 0. The van der Waals surface area contributed by atoms with Crippen molar-refractivity contribution in [3.05, 3.63) is 23.9 Å². The molecule has 0 spiro atoms. The lowest BCUT2D eigenvalue weighted by Crippen LogP contribution is -2.38. The number of ether oxygens (including phenoxy) is 1. The summed E-state index contributed by atoms with van der Waals surface area (Å²) in [5, 5.41) is 0. The number of carbonyl (C=O) groups is 1. The molecule has 2 rings (SSSR count). The highest BCUT2D eigenvalue weighted by molar-refractivity contribution is 6.05. The molecule has 1 aliphatic carbocycles. The van der Waals surface area contributed by atoms with Crippen molar-refractivity contribution in [2.24, 2.45) is 0 Å². The van der Waals surface area contributed by atoms with Gasteiger partial charge in [0.15, 0.2) is 5.78 Å². The molecule has 0 amide bonds. The van der Waals surface area contributed by atoms with Gasteiger partial charge in [-0.1, -0.05) is 0 Å². The number of nitrogens with two attached hydrogens (primary N) is 1. The van der Waals surface area contributed by atoms with Crippen LogP contribution in [0.25, 0.3) is 0 Å². The van der Waals surface area contributed by atoms with Crippen molar-refractivity contribution in [3.63, 3.8) is 0 Å². The quantitative estimate of drug-likeness (QED) is 0.789. The predicted molar refractivity (Wildman–Crippen MR) is 61.2 cm³/mol. The molecule has 0 radical (unpaired) electrons. The molecular weight excluding hydrogens is 204 g/mol. The third kappa shape index (κ3) is 1.69. The molecule has 2 N–H and O–H groups in total. The molecule has 1 saturated carbocycles. The summed E-state index contributed by atoms with van der Waals surface area (Å²) in [6, 6.07) is 3.44. The van der Waals surface area contributed by atoms with E-state index in [0.717, 1.165) is 25.7 Å². The summed E-state index contributed by atoms with van der Waals surface area (Å²) in [6.07, 6.45) is 5.19. The predicted octanol–water partition coefficient (Wildman–Crippen LogP) is 1.81. The number of nitrogen functional groups attached to an aromatic ring is 1. The Morgan fingerprint density at radius 1 is 1.50 bits per heavy atom. The van der Waals surface area contributed by atoms with Gasteiger partial charge in [-0.25, -0.2) is 4.98 Å². The largest absolute Gasteiger partial charge is 0.383 e. The molecule has 1 aromatic rings. The Morgan fingerprint density at radius 2 is 2.19 bits per heavy atom. The van der Waals surface area contributed by atoms with Gasteiger partial charge in [-0.2, -0.15) is 0 Å². The van der Waals surface area contributed by atoms with E-state index in [2.05, 4.69) is 4.98 Å². The van der Waals surface area contributed by atoms with Crippen molar-refractivity contribution >= 4 is 11.6 Å². The van der Waals surface area contributed by atoms with Gasteiger partial charge in [0.25, 0.3) is 0 Å². The SMILES string of the molecule is COC1(C(=O)c2cccnc2N)CCCC1. The number of ketones is 1. The first kappa shape index (κ1) is 11.1. The lowest BCUT2D eigenvalue weighted by Gasteiger charge is -2.25. The Balaban J connectivity index is 2.34. The molecule has 1 heterocycles. The van der Waals surface area contributed by atoms with Gasteiger partial charge in [0, 0.05) is 13.3 Å². The smallest absolute Gasteiger partial charge is 0.198 e. The van der Waals surface area contributed by atoms with Crippen LogP contribution >= 0.6 is 0 Å². The van der Waals surface area contributed by atoms with Gasteiger partial charge in [0.2, 0.25) is 0 Å². The molecule has 0 saturated heterocycles. The van der Waals surface area contributed by atoms with Crippen molar-refractivity contribution in [3.8, 4) is 0 Å². The fourth-order valence-electron chi connectivity index (χ4n) is 2.32. The summed E-state index contributed by atoms with van der Waals surface area (Å²) < 4.78 is 5.44. The van der Waals surface area contributed by atoms with E-state index in [9.17, 15) is 4.79 Å². The Labute approximate surface area is 94.8 Å². The van der Waals surface area contributed by atoms with Gasteiger partial charge in [-0.3, -0.25) is 4.79 Å². The molecule has 4 nitrogen and oxygen atoms in total. The number of aromatic nitrogens is 1. The summed E-state index contributed by atoms with van der Waals surface area (Å²) in [4.78, 5) is 16.3. The Kier molecular flexibility index (Phi) is 2.92. The maximum Gasteiger partial charge on any atom is 0.198 e. The summed E-state index contributed by atoms with van der Waals surface area (Å²) in [5.41, 5.74) is 5.52. The van der Waals surface area contributed by atoms with E-state index in [0.29, 0.717) is 5.56 Å². The van der Waals surface area contributed by atoms with Crippen molar-refractivity contribution in [1.82, 2.24) is 4.98 Å². The highest BCUT2D eigenvalue weighted by Gasteiger charge is 2.42. The van der Waals surface area contributed by atoms with Crippen molar-refractivity contribution < 1.29 is 9.53 Å². The number of hydrogen-bond donors (Lipinski definition) is 1. The number of Topliss-reactive ketones (excluding diaryl/α,β-unsaturated/α-hetero) is 1. The standard InChI is InChI=1S/C12H16N2O2/c1-16-12(6-2-3-7-12)10(15)9-5-4-8-14-11(9)13/h4-5,8H,2-3,6-7H2,1H3,(H2,13,14). The topological polar surface area (TPSA) is 65.2 Å². The molecule has 4 heteroatoms. The van der Waals surface area contributed by atoms with Crippen molar-refractivity contribution in [2.45, 2.75) is 31.3 Å². The zero-order valence-electron chi connectivity index (χ0n) is 9.40. The first-order valence-corrected chi connectivity index (χ1v) is 5.50. The minimum absolute atomic E-state index is 0.0295. The van der Waals surface area contributed by atoms with E-state index in [-0.39, 0.29) is 11.6 Å². The van der Waals surface area contributed by atoms with Crippen LogP contribution in [0.15, 0.2) is 18.3 Å². The van der Waals surface area contributed by atoms with E-state index < -0.39 is 5.60 Å². The number of pyridine rings is 1. The number of rotatable bonds is 3. The van der Waals surface area contributed by atoms with Crippen LogP contribution in [0.4, 0.5) is 5.82 Å². The Morgan fingerprint density at radius 3 is 2.75 bits per heavy atom. The number of carbonyl (C=O) groups excluding carboxylic acids is 1. The molecule has 0 aromatic carbocycles. The van der Waals surface area contributed by atoms with Crippen molar-refractivity contribution in [2.75, 3.05) is 12.8 Å². The van der Waals surface area contributed by atoms with E-state index in [1.165, 1.54) is 0 Å². The molecule has 1 fully saturated rings. The van der Waals surface area contributed by atoms with Crippen LogP contribution in [0.2, 0.25) is 0 Å². The second-order valence-electron chi connectivity index (χ2n) is 4.17. The van der Waals surface area contributed by atoms with E-state index in [4.69, 9.17) is 10.5 Å². The van der Waals surface area contributed by atoms with Crippen LogP contribution in [-0.4, -0.2) is 23.5 Å². The fourth-order valence-corrected chi connectivity index (χ4v) is 2.32. The molecule has 16 heavy (non-hydrogen) atoms. The zero-order chi connectivity index (χ0) is 11.6. The van der Waals surface area contributed by atoms with Gasteiger partial charge in [-0.15, -0.1) is 0 Å². The molecule has 1 aromatic heterocycles. The van der Waals surface area contributed by atoms with Gasteiger partial charge < -0.3 is 10.5 Å². The van der Waals surface area contributed by atoms with E-state index >= 15 is 0 Å². The monoisotopic (exact) mass is 220 g/mol. The van der Waals surface area contributed by atoms with Crippen LogP contribution in [-0.2, 0) is 4.74 Å². The van der Waals surface area contributed by atoms with Gasteiger partial charge >= 0.3 is 0 Å². The maximum absolute atomic E-state index is 12.4. The minimum atomic E-state index is -0.669. The normalized spacial score (nSPS) is 18.6. The average molecular weight is 220 g/mol. The second kappa shape index (κ2) is 4.22. The van der Waals surface area contributed by atoms with Gasteiger partial charge in [0.1, 0.15) is 11.4 Å². The van der Waals surface area contributed by atoms with Gasteiger partial charge in [0.05, 0.1) is 5.56 Å². The minimum Gasteiger partial charge on any atom is -0.383 e. The van der Waals surface area contributed by atoms with Crippen LogP contribution in [0.5, 0.6) is 0 Å².